The third-order valence-corrected chi connectivity index (χ3v) is 3.36. The molecule has 0 atom stereocenters. The zero-order valence-corrected chi connectivity index (χ0v) is 12.3. The molecule has 0 aromatic heterocycles. The van der Waals surface area contributed by atoms with Gasteiger partial charge in [-0.2, -0.15) is 0 Å². The number of hydrogen-bond acceptors (Lipinski definition) is 6. The van der Waals surface area contributed by atoms with Gasteiger partial charge in [0.05, 0.1) is 12.3 Å². The van der Waals surface area contributed by atoms with Gasteiger partial charge in [0.15, 0.2) is 11.5 Å². The SMILES string of the molecule is CCOC(=O)C1=C(C)N/C(=C\c2ccc3c(c2)OCO3)C1=O. The molecule has 0 radical (unpaired) electrons. The van der Waals surface area contributed by atoms with Crippen LogP contribution in [0.5, 0.6) is 11.5 Å². The van der Waals surface area contributed by atoms with Crippen LogP contribution in [0.15, 0.2) is 35.2 Å². The molecule has 2 aliphatic rings. The summed E-state index contributed by atoms with van der Waals surface area (Å²) in [5.41, 5.74) is 1.65. The van der Waals surface area contributed by atoms with Crippen LogP contribution in [0.1, 0.15) is 19.4 Å². The normalized spacial score (nSPS) is 17.9. The van der Waals surface area contributed by atoms with E-state index in [-0.39, 0.29) is 24.8 Å². The molecule has 3 rings (SSSR count). The molecule has 0 saturated heterocycles. The molecule has 0 bridgehead atoms. The molecule has 0 unspecified atom stereocenters. The maximum Gasteiger partial charge on any atom is 0.343 e. The van der Waals surface area contributed by atoms with Crippen LogP contribution >= 0.6 is 0 Å². The number of Topliss-reactive ketones (excluding diaryl/α,β-unsaturated/α-hetero) is 1. The highest BCUT2D eigenvalue weighted by Gasteiger charge is 2.31. The van der Waals surface area contributed by atoms with E-state index in [1.54, 1.807) is 32.1 Å². The fourth-order valence-corrected chi connectivity index (χ4v) is 2.35. The van der Waals surface area contributed by atoms with Gasteiger partial charge in [-0.3, -0.25) is 4.79 Å². The maximum atomic E-state index is 12.3. The second-order valence-corrected chi connectivity index (χ2v) is 4.85. The Bertz CT molecular complexity index is 717. The Labute approximate surface area is 127 Å². The number of carbonyl (C=O) groups is 2. The van der Waals surface area contributed by atoms with Crippen LogP contribution < -0.4 is 14.8 Å². The molecule has 6 nitrogen and oxygen atoms in total. The van der Waals surface area contributed by atoms with Crippen molar-refractivity contribution in [1.82, 2.24) is 5.32 Å². The number of ketones is 1. The van der Waals surface area contributed by atoms with Gasteiger partial charge in [0, 0.05) is 5.70 Å². The van der Waals surface area contributed by atoms with Crippen LogP contribution in [-0.4, -0.2) is 25.2 Å². The summed E-state index contributed by atoms with van der Waals surface area (Å²) in [5, 5.41) is 2.93. The van der Waals surface area contributed by atoms with E-state index in [4.69, 9.17) is 14.2 Å². The van der Waals surface area contributed by atoms with E-state index in [2.05, 4.69) is 5.32 Å². The number of nitrogens with one attached hydrogen (secondary N) is 1. The van der Waals surface area contributed by atoms with Crippen molar-refractivity contribution in [1.29, 1.82) is 0 Å². The Hall–Kier alpha value is -2.76. The van der Waals surface area contributed by atoms with Gasteiger partial charge in [-0.05, 0) is 37.6 Å². The Balaban J connectivity index is 1.85. The average Bonchev–Trinajstić information content (AvgIpc) is 3.04. The molecule has 2 heterocycles. The highest BCUT2D eigenvalue weighted by molar-refractivity contribution is 6.27. The van der Waals surface area contributed by atoms with Gasteiger partial charge in [0.1, 0.15) is 5.57 Å². The number of allylic oxidation sites excluding steroid dienone is 2. The standard InChI is InChI=1S/C16H15NO5/c1-3-20-16(19)14-9(2)17-11(15(14)18)6-10-4-5-12-13(7-10)22-8-21-12/h4-7,17H,3,8H2,1-2H3/b11-6-. The van der Waals surface area contributed by atoms with Gasteiger partial charge in [0.2, 0.25) is 12.6 Å². The van der Waals surface area contributed by atoms with Gasteiger partial charge >= 0.3 is 5.97 Å². The van der Waals surface area contributed by atoms with Crippen molar-refractivity contribution in [2.24, 2.45) is 0 Å². The molecule has 1 aromatic rings. The van der Waals surface area contributed by atoms with Crippen LogP contribution in [0.3, 0.4) is 0 Å². The van der Waals surface area contributed by atoms with Crippen LogP contribution in [0.2, 0.25) is 0 Å². The van der Waals surface area contributed by atoms with Gasteiger partial charge < -0.3 is 19.5 Å². The third-order valence-electron chi connectivity index (χ3n) is 3.36. The molecule has 114 valence electrons. The van der Waals surface area contributed by atoms with Gasteiger partial charge in [-0.15, -0.1) is 0 Å². The van der Waals surface area contributed by atoms with E-state index in [1.165, 1.54) is 0 Å². The van der Waals surface area contributed by atoms with Crippen molar-refractivity contribution in [3.05, 3.63) is 40.7 Å². The molecule has 0 saturated carbocycles. The minimum Gasteiger partial charge on any atom is -0.462 e. The zero-order valence-electron chi connectivity index (χ0n) is 12.3. The summed E-state index contributed by atoms with van der Waals surface area (Å²) < 4.78 is 15.4. The highest BCUT2D eigenvalue weighted by atomic mass is 16.7. The molecule has 0 spiro atoms. The van der Waals surface area contributed by atoms with Crippen molar-refractivity contribution in [3.63, 3.8) is 0 Å². The lowest BCUT2D eigenvalue weighted by Gasteiger charge is -2.02. The summed E-state index contributed by atoms with van der Waals surface area (Å²) in [7, 11) is 0. The Kier molecular flexibility index (Phi) is 3.58. The van der Waals surface area contributed by atoms with Crippen molar-refractivity contribution in [2.75, 3.05) is 13.4 Å². The predicted octanol–water partition coefficient (Wildman–Crippen LogP) is 1.77. The maximum absolute atomic E-state index is 12.3. The molecule has 0 aliphatic carbocycles. The Morgan fingerprint density at radius 2 is 2.14 bits per heavy atom. The monoisotopic (exact) mass is 301 g/mol. The first-order valence-corrected chi connectivity index (χ1v) is 6.91. The molecule has 6 heteroatoms. The topological polar surface area (TPSA) is 73.9 Å². The van der Waals surface area contributed by atoms with Gasteiger partial charge in [-0.1, -0.05) is 6.07 Å². The Morgan fingerprint density at radius 3 is 2.91 bits per heavy atom. The second kappa shape index (κ2) is 5.55. The zero-order chi connectivity index (χ0) is 15.7. The van der Waals surface area contributed by atoms with E-state index in [9.17, 15) is 9.59 Å². The molecule has 22 heavy (non-hydrogen) atoms. The fourth-order valence-electron chi connectivity index (χ4n) is 2.35. The van der Waals surface area contributed by atoms with Crippen LogP contribution in [0, 0.1) is 0 Å². The minimum absolute atomic E-state index is 0.0499. The van der Waals surface area contributed by atoms with Crippen molar-refractivity contribution < 1.29 is 23.8 Å². The predicted molar refractivity (Wildman–Crippen MR) is 78.0 cm³/mol. The smallest absolute Gasteiger partial charge is 0.343 e. The first kappa shape index (κ1) is 14.2. The molecule has 1 N–H and O–H groups in total. The number of rotatable bonds is 3. The third kappa shape index (κ3) is 2.43. The summed E-state index contributed by atoms with van der Waals surface area (Å²) >= 11 is 0. The number of ether oxygens (including phenoxy) is 3. The first-order valence-electron chi connectivity index (χ1n) is 6.91. The number of carbonyl (C=O) groups excluding carboxylic acids is 2. The Morgan fingerprint density at radius 1 is 1.36 bits per heavy atom. The summed E-state index contributed by atoms with van der Waals surface area (Å²) in [4.78, 5) is 24.1. The second-order valence-electron chi connectivity index (χ2n) is 4.85. The van der Waals surface area contributed by atoms with Crippen LogP contribution in [0.25, 0.3) is 6.08 Å². The van der Waals surface area contributed by atoms with E-state index in [1.807, 2.05) is 6.07 Å². The number of hydrogen-bond donors (Lipinski definition) is 1. The van der Waals surface area contributed by atoms with E-state index >= 15 is 0 Å². The first-order chi connectivity index (χ1) is 10.6. The lowest BCUT2D eigenvalue weighted by Crippen LogP contribution is -2.14. The van der Waals surface area contributed by atoms with Crippen LogP contribution in [-0.2, 0) is 14.3 Å². The van der Waals surface area contributed by atoms with Crippen molar-refractivity contribution in [3.8, 4) is 11.5 Å². The van der Waals surface area contributed by atoms with Crippen LogP contribution in [0.4, 0.5) is 0 Å². The lowest BCUT2D eigenvalue weighted by atomic mass is 10.1. The van der Waals surface area contributed by atoms with Crippen molar-refractivity contribution >= 4 is 17.8 Å². The summed E-state index contributed by atoms with van der Waals surface area (Å²) in [6.07, 6.45) is 1.67. The number of benzene rings is 1. The summed E-state index contributed by atoms with van der Waals surface area (Å²) in [5.74, 6) is 0.338. The molecule has 1 aromatic carbocycles. The largest absolute Gasteiger partial charge is 0.462 e. The van der Waals surface area contributed by atoms with Gasteiger partial charge in [-0.25, -0.2) is 4.79 Å². The minimum atomic E-state index is -0.605. The number of fused-ring (bicyclic) bond motifs is 1. The van der Waals surface area contributed by atoms with Crippen molar-refractivity contribution in [2.45, 2.75) is 13.8 Å². The highest BCUT2D eigenvalue weighted by Crippen LogP contribution is 2.33. The van der Waals surface area contributed by atoms with E-state index in [0.29, 0.717) is 22.9 Å². The van der Waals surface area contributed by atoms with E-state index < -0.39 is 5.97 Å². The summed E-state index contributed by atoms with van der Waals surface area (Å²) in [6.45, 7) is 3.79. The average molecular weight is 301 g/mol. The molecule has 0 amide bonds. The lowest BCUT2D eigenvalue weighted by molar-refractivity contribution is -0.139. The molecular formula is C16H15NO5. The molecular weight excluding hydrogens is 286 g/mol. The van der Waals surface area contributed by atoms with E-state index in [0.717, 1.165) is 5.56 Å². The van der Waals surface area contributed by atoms with Gasteiger partial charge in [0.25, 0.3) is 0 Å². The molecule has 0 fully saturated rings. The molecule has 2 aliphatic heterocycles. The fraction of sp³-hybridized carbons (Fsp3) is 0.250. The summed E-state index contributed by atoms with van der Waals surface area (Å²) in [6, 6.07) is 5.37. The quantitative estimate of drug-likeness (QED) is 0.521. The number of esters is 1.